The summed E-state index contributed by atoms with van der Waals surface area (Å²) < 4.78 is 0. The number of rotatable bonds is 18. The topological polar surface area (TPSA) is 174 Å². The first-order chi connectivity index (χ1) is 20.0. The van der Waals surface area contributed by atoms with Crippen molar-refractivity contribution in [3.8, 4) is 5.75 Å². The van der Waals surface area contributed by atoms with Crippen LogP contribution in [-0.4, -0.2) is 76.5 Å². The van der Waals surface area contributed by atoms with Crippen LogP contribution in [0, 0.1) is 5.92 Å². The quantitative estimate of drug-likeness (QED) is 0.140. The normalized spacial score (nSPS) is 13.7. The van der Waals surface area contributed by atoms with Crippen molar-refractivity contribution in [3.05, 3.63) is 65.7 Å². The molecule has 0 aromatic heterocycles. The summed E-state index contributed by atoms with van der Waals surface area (Å²) in [6.07, 6.45) is 2.97. The number of aliphatic carboxylic acids is 1. The van der Waals surface area contributed by atoms with Gasteiger partial charge in [0.05, 0.1) is 0 Å². The maximum atomic E-state index is 13.5. The Balaban J connectivity index is 2.28. The van der Waals surface area contributed by atoms with Crippen LogP contribution in [0.25, 0.3) is 0 Å². The van der Waals surface area contributed by atoms with Crippen molar-refractivity contribution in [2.45, 2.75) is 63.7 Å². The number of phenols is 1. The fourth-order valence-corrected chi connectivity index (χ4v) is 4.73. The van der Waals surface area contributed by atoms with Gasteiger partial charge in [0.25, 0.3) is 0 Å². The van der Waals surface area contributed by atoms with Crippen molar-refractivity contribution in [3.63, 3.8) is 0 Å². The fourth-order valence-electron chi connectivity index (χ4n) is 4.25. The van der Waals surface area contributed by atoms with Crippen LogP contribution < -0.4 is 21.3 Å². The van der Waals surface area contributed by atoms with Gasteiger partial charge < -0.3 is 31.5 Å². The minimum atomic E-state index is -1.25. The van der Waals surface area contributed by atoms with Crippen LogP contribution in [0.4, 0.5) is 0 Å². The SMILES string of the molecule is CSCC[C@H](NC=O)C(=O)N[C@@H](CC(C)C)C(=O)N[C@@H](Cc1ccc(O)cc1)C(=O)N[C@@H](Cc1ccccc1)C(=O)O. The molecule has 0 aliphatic heterocycles. The van der Waals surface area contributed by atoms with Crippen LogP contribution >= 0.6 is 11.8 Å². The van der Waals surface area contributed by atoms with Gasteiger partial charge in [0.15, 0.2) is 0 Å². The first-order valence-electron chi connectivity index (χ1n) is 13.7. The number of hydrogen-bond acceptors (Lipinski definition) is 7. The highest BCUT2D eigenvalue weighted by Crippen LogP contribution is 2.13. The van der Waals surface area contributed by atoms with E-state index >= 15 is 0 Å². The molecule has 4 atom stereocenters. The van der Waals surface area contributed by atoms with Crippen LogP contribution in [-0.2, 0) is 36.8 Å². The molecule has 6 N–H and O–H groups in total. The van der Waals surface area contributed by atoms with Crippen molar-refractivity contribution in [2.75, 3.05) is 12.0 Å². The van der Waals surface area contributed by atoms with E-state index < -0.39 is 47.9 Å². The minimum Gasteiger partial charge on any atom is -0.508 e. The molecule has 0 fully saturated rings. The Morgan fingerprint density at radius 2 is 1.31 bits per heavy atom. The lowest BCUT2D eigenvalue weighted by atomic mass is 10.00. The molecule has 0 bridgehead atoms. The lowest BCUT2D eigenvalue weighted by Crippen LogP contribution is -2.58. The third-order valence-electron chi connectivity index (χ3n) is 6.44. The zero-order valence-electron chi connectivity index (χ0n) is 24.0. The van der Waals surface area contributed by atoms with E-state index in [9.17, 15) is 34.2 Å². The van der Waals surface area contributed by atoms with E-state index in [1.807, 2.05) is 20.1 Å². The largest absolute Gasteiger partial charge is 0.508 e. The van der Waals surface area contributed by atoms with Gasteiger partial charge in [0.1, 0.15) is 29.9 Å². The highest BCUT2D eigenvalue weighted by atomic mass is 32.2. The predicted molar refractivity (Wildman–Crippen MR) is 161 cm³/mol. The standard InChI is InChI=1S/C30H40N4O7S/c1-19(2)15-24(32-27(37)23(31-18-35)13-14-42-3)28(38)33-25(16-21-9-11-22(36)12-10-21)29(39)34-26(30(40)41)17-20-7-5-4-6-8-20/h4-12,18-19,23-26,36H,13-17H2,1-3H3,(H,31,35)(H,32,37)(H,33,38)(H,34,39)(H,40,41)/t23-,24-,25-,26-/m0/s1. The van der Waals surface area contributed by atoms with E-state index in [4.69, 9.17) is 0 Å². The number of carbonyl (C=O) groups is 5. The summed E-state index contributed by atoms with van der Waals surface area (Å²) in [5, 5.41) is 29.9. The Morgan fingerprint density at radius 1 is 0.786 bits per heavy atom. The van der Waals surface area contributed by atoms with E-state index in [1.54, 1.807) is 42.5 Å². The second kappa shape index (κ2) is 17.7. The van der Waals surface area contributed by atoms with E-state index in [0.29, 0.717) is 29.7 Å². The third-order valence-corrected chi connectivity index (χ3v) is 7.09. The van der Waals surface area contributed by atoms with E-state index in [0.717, 1.165) is 0 Å². The molecule has 11 nitrogen and oxygen atoms in total. The first kappa shape index (κ1) is 34.1. The summed E-state index contributed by atoms with van der Waals surface area (Å²) in [6, 6.07) is 10.6. The number of nitrogens with one attached hydrogen (secondary N) is 4. The molecule has 0 aliphatic rings. The van der Waals surface area contributed by atoms with E-state index in [2.05, 4.69) is 21.3 Å². The van der Waals surface area contributed by atoms with Crippen molar-refractivity contribution < 1.29 is 34.2 Å². The van der Waals surface area contributed by atoms with Gasteiger partial charge in [-0.05, 0) is 54.0 Å². The number of carboxylic acid groups (broad SMARTS) is 1. The number of aromatic hydroxyl groups is 1. The second-order valence-corrected chi connectivity index (χ2v) is 11.3. The summed E-state index contributed by atoms with van der Waals surface area (Å²) in [7, 11) is 0. The van der Waals surface area contributed by atoms with Gasteiger partial charge in [-0.2, -0.15) is 11.8 Å². The Hall–Kier alpha value is -4.06. The average Bonchev–Trinajstić information content (AvgIpc) is 2.95. The van der Waals surface area contributed by atoms with Gasteiger partial charge in [-0.3, -0.25) is 19.2 Å². The molecule has 0 radical (unpaired) electrons. The number of carbonyl (C=O) groups excluding carboxylic acids is 4. The third kappa shape index (κ3) is 11.8. The van der Waals surface area contributed by atoms with E-state index in [-0.39, 0.29) is 30.9 Å². The Bertz CT molecular complexity index is 1180. The summed E-state index contributed by atoms with van der Waals surface area (Å²) in [6.45, 7) is 3.76. The lowest BCUT2D eigenvalue weighted by molar-refractivity contribution is -0.142. The zero-order valence-corrected chi connectivity index (χ0v) is 24.9. The zero-order chi connectivity index (χ0) is 31.1. The molecule has 2 rings (SSSR count). The summed E-state index contributed by atoms with van der Waals surface area (Å²) in [5.74, 6) is -2.46. The molecule has 2 aromatic rings. The fraction of sp³-hybridized carbons (Fsp3) is 0.433. The summed E-state index contributed by atoms with van der Waals surface area (Å²) >= 11 is 1.51. The Morgan fingerprint density at radius 3 is 1.88 bits per heavy atom. The predicted octanol–water partition coefficient (Wildman–Crippen LogP) is 1.63. The Kier molecular flexibility index (Phi) is 14.4. The molecule has 0 saturated carbocycles. The number of carboxylic acids is 1. The Labute approximate surface area is 250 Å². The average molecular weight is 601 g/mol. The lowest BCUT2D eigenvalue weighted by Gasteiger charge is -2.26. The van der Waals surface area contributed by atoms with Crippen LogP contribution in [0.3, 0.4) is 0 Å². The molecule has 228 valence electrons. The van der Waals surface area contributed by atoms with Crippen molar-refractivity contribution >= 4 is 41.9 Å². The molecule has 0 heterocycles. The highest BCUT2D eigenvalue weighted by Gasteiger charge is 2.31. The molecular weight excluding hydrogens is 560 g/mol. The molecule has 0 unspecified atom stereocenters. The molecule has 4 amide bonds. The number of hydrogen-bond donors (Lipinski definition) is 6. The smallest absolute Gasteiger partial charge is 0.326 e. The van der Waals surface area contributed by atoms with Gasteiger partial charge in [0, 0.05) is 12.8 Å². The van der Waals surface area contributed by atoms with Crippen molar-refractivity contribution in [1.82, 2.24) is 21.3 Å². The monoisotopic (exact) mass is 600 g/mol. The first-order valence-corrected chi connectivity index (χ1v) is 15.1. The summed E-state index contributed by atoms with van der Waals surface area (Å²) in [4.78, 5) is 63.0. The van der Waals surface area contributed by atoms with Gasteiger partial charge >= 0.3 is 5.97 Å². The van der Waals surface area contributed by atoms with Gasteiger partial charge in [-0.1, -0.05) is 56.3 Å². The molecule has 0 saturated heterocycles. The molecule has 0 aliphatic carbocycles. The van der Waals surface area contributed by atoms with Gasteiger partial charge in [-0.15, -0.1) is 0 Å². The molecule has 42 heavy (non-hydrogen) atoms. The van der Waals surface area contributed by atoms with Crippen LogP contribution in [0.1, 0.15) is 37.8 Å². The number of benzene rings is 2. The summed E-state index contributed by atoms with van der Waals surface area (Å²) in [5.41, 5.74) is 1.32. The van der Waals surface area contributed by atoms with Gasteiger partial charge in [-0.25, -0.2) is 4.79 Å². The number of thioether (sulfide) groups is 1. The number of phenolic OH excluding ortho intramolecular Hbond substituents is 1. The molecule has 12 heteroatoms. The van der Waals surface area contributed by atoms with Crippen LogP contribution in [0.5, 0.6) is 5.75 Å². The van der Waals surface area contributed by atoms with E-state index in [1.165, 1.54) is 23.9 Å². The molecular formula is C30H40N4O7S. The van der Waals surface area contributed by atoms with Gasteiger partial charge in [0.2, 0.25) is 24.1 Å². The maximum Gasteiger partial charge on any atom is 0.326 e. The van der Waals surface area contributed by atoms with Crippen LogP contribution in [0.2, 0.25) is 0 Å². The van der Waals surface area contributed by atoms with Crippen molar-refractivity contribution in [2.24, 2.45) is 5.92 Å². The minimum absolute atomic E-state index is 0.000913. The molecule has 0 spiro atoms. The van der Waals surface area contributed by atoms with Crippen molar-refractivity contribution in [1.29, 1.82) is 0 Å². The van der Waals surface area contributed by atoms with Crippen LogP contribution in [0.15, 0.2) is 54.6 Å². The number of amides is 4. The highest BCUT2D eigenvalue weighted by molar-refractivity contribution is 7.98. The second-order valence-electron chi connectivity index (χ2n) is 10.3. The maximum absolute atomic E-state index is 13.5. The molecule has 2 aromatic carbocycles.